The largest absolute Gasteiger partial charge is 0.370 e. The Balaban J connectivity index is 1.64. The molecular formula is C12H21N5. The molecule has 6 N–H and O–H groups in total. The molecule has 0 saturated heterocycles. The average molecular weight is 235 g/mol. The average Bonchev–Trinajstić information content (AvgIpc) is 2.21. The minimum atomic E-state index is -0.161. The lowest BCUT2D eigenvalue weighted by atomic mass is 9.54. The molecule has 4 fully saturated rings. The lowest BCUT2D eigenvalue weighted by Crippen LogP contribution is -2.58. The molecule has 17 heavy (non-hydrogen) atoms. The Morgan fingerprint density at radius 1 is 0.941 bits per heavy atom. The van der Waals surface area contributed by atoms with Gasteiger partial charge in [0.05, 0.1) is 0 Å². The van der Waals surface area contributed by atoms with Crippen LogP contribution in [-0.2, 0) is 0 Å². The molecule has 4 rings (SSSR count). The molecule has 0 atom stereocenters. The van der Waals surface area contributed by atoms with Gasteiger partial charge in [-0.15, -0.1) is 0 Å². The predicted octanol–water partition coefficient (Wildman–Crippen LogP) is 0.819. The maximum atomic E-state index is 7.75. The van der Waals surface area contributed by atoms with Crippen LogP contribution in [0.5, 0.6) is 0 Å². The van der Waals surface area contributed by atoms with Crippen molar-refractivity contribution in [2.45, 2.75) is 38.1 Å². The van der Waals surface area contributed by atoms with Crippen molar-refractivity contribution in [3.05, 3.63) is 0 Å². The van der Waals surface area contributed by atoms with E-state index in [0.717, 1.165) is 23.7 Å². The highest BCUT2D eigenvalue weighted by atomic mass is 15.2. The van der Waals surface area contributed by atoms with Gasteiger partial charge in [-0.3, -0.25) is 16.1 Å². The highest BCUT2D eigenvalue weighted by molar-refractivity contribution is 5.94. The summed E-state index contributed by atoms with van der Waals surface area (Å²) in [7, 11) is 0. The molecule has 0 spiro atoms. The molecule has 0 aliphatic heterocycles. The summed E-state index contributed by atoms with van der Waals surface area (Å²) in [6.07, 6.45) is 6.77. The van der Waals surface area contributed by atoms with Gasteiger partial charge >= 0.3 is 0 Å². The van der Waals surface area contributed by atoms with Crippen LogP contribution < -0.4 is 16.4 Å². The third-order valence-corrected chi connectivity index (χ3v) is 4.80. The van der Waals surface area contributed by atoms with Crippen molar-refractivity contribution in [1.82, 2.24) is 10.6 Å². The molecule has 4 bridgehead atoms. The maximum absolute atomic E-state index is 7.75. The van der Waals surface area contributed by atoms with Gasteiger partial charge in [-0.2, -0.15) is 0 Å². The number of guanidine groups is 2. The lowest BCUT2D eigenvalue weighted by molar-refractivity contribution is -0.00717. The fourth-order valence-corrected chi connectivity index (χ4v) is 4.50. The molecule has 5 heteroatoms. The van der Waals surface area contributed by atoms with Crippen LogP contribution in [0.15, 0.2) is 0 Å². The summed E-state index contributed by atoms with van der Waals surface area (Å²) >= 11 is 0. The molecular weight excluding hydrogens is 214 g/mol. The van der Waals surface area contributed by atoms with Gasteiger partial charge in [-0.05, 0) is 55.8 Å². The first-order valence-corrected chi connectivity index (χ1v) is 6.58. The minimum Gasteiger partial charge on any atom is -0.370 e. The first-order valence-electron chi connectivity index (χ1n) is 6.58. The summed E-state index contributed by atoms with van der Waals surface area (Å²) in [5.74, 6) is 3.40. The van der Waals surface area contributed by atoms with E-state index in [2.05, 4.69) is 10.6 Å². The first kappa shape index (κ1) is 10.9. The standard InChI is InChI=1S/C12H21N5/c13-11(14)17-12(15)16-10-8-2-6-1-7(4-8)5-9(10)3-6/h6-10H,1-5H2,(H6,13,14,15,16,17). The predicted molar refractivity (Wildman–Crippen MR) is 66.7 cm³/mol. The van der Waals surface area contributed by atoms with Crippen molar-refractivity contribution in [2.75, 3.05) is 0 Å². The molecule has 4 saturated carbocycles. The van der Waals surface area contributed by atoms with E-state index in [9.17, 15) is 0 Å². The Labute approximate surface area is 102 Å². The third-order valence-electron chi connectivity index (χ3n) is 4.80. The van der Waals surface area contributed by atoms with Crippen LogP contribution in [0.4, 0.5) is 0 Å². The molecule has 0 unspecified atom stereocenters. The number of rotatable bonds is 1. The van der Waals surface area contributed by atoms with Crippen LogP contribution >= 0.6 is 0 Å². The van der Waals surface area contributed by atoms with E-state index >= 15 is 0 Å². The molecule has 0 aromatic heterocycles. The van der Waals surface area contributed by atoms with Gasteiger partial charge in [0.25, 0.3) is 0 Å². The quantitative estimate of drug-likeness (QED) is 0.344. The van der Waals surface area contributed by atoms with Crippen LogP contribution in [0, 0.1) is 34.5 Å². The monoisotopic (exact) mass is 235 g/mol. The second kappa shape index (κ2) is 3.89. The van der Waals surface area contributed by atoms with Crippen molar-refractivity contribution in [1.29, 1.82) is 10.8 Å². The van der Waals surface area contributed by atoms with Crippen molar-refractivity contribution in [2.24, 2.45) is 29.4 Å². The maximum Gasteiger partial charge on any atom is 0.195 e. The van der Waals surface area contributed by atoms with Crippen molar-refractivity contribution in [3.8, 4) is 0 Å². The summed E-state index contributed by atoms with van der Waals surface area (Å²) in [4.78, 5) is 0. The smallest absolute Gasteiger partial charge is 0.195 e. The second-order valence-electron chi connectivity index (χ2n) is 6.01. The van der Waals surface area contributed by atoms with Gasteiger partial charge in [0.1, 0.15) is 0 Å². The molecule has 0 heterocycles. The topological polar surface area (TPSA) is 97.8 Å². The van der Waals surface area contributed by atoms with Gasteiger partial charge in [0, 0.05) is 6.04 Å². The van der Waals surface area contributed by atoms with Crippen LogP contribution in [0.1, 0.15) is 32.1 Å². The fourth-order valence-electron chi connectivity index (χ4n) is 4.50. The zero-order valence-corrected chi connectivity index (χ0v) is 10.00. The first-order chi connectivity index (χ1) is 8.11. The minimum absolute atomic E-state index is 0.161. The lowest BCUT2D eigenvalue weighted by Gasteiger charge is -2.54. The summed E-state index contributed by atoms with van der Waals surface area (Å²) in [5, 5.41) is 20.7. The Bertz CT molecular complexity index is 323. The van der Waals surface area contributed by atoms with E-state index in [-0.39, 0.29) is 11.9 Å². The normalized spacial score (nSPS) is 42.2. The van der Waals surface area contributed by atoms with E-state index in [1.54, 1.807) is 0 Å². The molecule has 0 radical (unpaired) electrons. The second-order valence-corrected chi connectivity index (χ2v) is 6.01. The summed E-state index contributed by atoms with van der Waals surface area (Å²) in [6, 6.07) is 0.433. The molecule has 0 aromatic rings. The zero-order chi connectivity index (χ0) is 12.0. The summed E-state index contributed by atoms with van der Waals surface area (Å²) in [6.45, 7) is 0. The number of nitrogens with two attached hydrogens (primary N) is 1. The molecule has 0 amide bonds. The van der Waals surface area contributed by atoms with E-state index in [0.29, 0.717) is 6.04 Å². The Kier molecular flexibility index (Phi) is 2.49. The molecule has 94 valence electrons. The van der Waals surface area contributed by atoms with Gasteiger partial charge in [-0.1, -0.05) is 0 Å². The number of nitrogens with one attached hydrogen (secondary N) is 4. The Morgan fingerprint density at radius 3 is 1.94 bits per heavy atom. The van der Waals surface area contributed by atoms with Gasteiger partial charge in [0.2, 0.25) is 0 Å². The molecule has 0 aromatic carbocycles. The molecule has 5 nitrogen and oxygen atoms in total. The van der Waals surface area contributed by atoms with Crippen molar-refractivity contribution in [3.63, 3.8) is 0 Å². The highest BCUT2D eigenvalue weighted by Gasteiger charge is 2.48. The zero-order valence-electron chi connectivity index (χ0n) is 10.00. The molecule has 4 aliphatic carbocycles. The van der Waals surface area contributed by atoms with Crippen molar-refractivity contribution < 1.29 is 0 Å². The van der Waals surface area contributed by atoms with Crippen LogP contribution in [-0.4, -0.2) is 18.0 Å². The Morgan fingerprint density at radius 2 is 1.47 bits per heavy atom. The van der Waals surface area contributed by atoms with Crippen molar-refractivity contribution >= 4 is 11.9 Å². The highest BCUT2D eigenvalue weighted by Crippen LogP contribution is 2.53. The van der Waals surface area contributed by atoms with Crippen LogP contribution in [0.3, 0.4) is 0 Å². The molecule has 4 aliphatic rings. The van der Waals surface area contributed by atoms with E-state index in [1.165, 1.54) is 32.1 Å². The Hall–Kier alpha value is -1.26. The summed E-state index contributed by atoms with van der Waals surface area (Å²) < 4.78 is 0. The van der Waals surface area contributed by atoms with Crippen LogP contribution in [0.25, 0.3) is 0 Å². The van der Waals surface area contributed by atoms with Crippen LogP contribution in [0.2, 0.25) is 0 Å². The summed E-state index contributed by atoms with van der Waals surface area (Å²) in [5.41, 5.74) is 5.23. The van der Waals surface area contributed by atoms with E-state index < -0.39 is 0 Å². The van der Waals surface area contributed by atoms with Gasteiger partial charge in [-0.25, -0.2) is 0 Å². The number of hydrogen-bond acceptors (Lipinski definition) is 2. The van der Waals surface area contributed by atoms with E-state index in [1.807, 2.05) is 0 Å². The van der Waals surface area contributed by atoms with Gasteiger partial charge < -0.3 is 11.1 Å². The SMILES string of the molecule is N=C(N)NC(=N)NC1C2CC3CC(C2)CC1C3. The van der Waals surface area contributed by atoms with E-state index in [4.69, 9.17) is 16.6 Å². The van der Waals surface area contributed by atoms with Gasteiger partial charge in [0.15, 0.2) is 11.9 Å². The third kappa shape index (κ3) is 1.98. The number of hydrogen-bond donors (Lipinski definition) is 5. The fraction of sp³-hybridized carbons (Fsp3) is 0.833.